The number of benzene rings is 2. The van der Waals surface area contributed by atoms with Crippen LogP contribution in [0, 0.1) is 6.92 Å². The Hall–Kier alpha value is -2.82. The van der Waals surface area contributed by atoms with Gasteiger partial charge in [-0.25, -0.2) is 0 Å². The first-order valence-electron chi connectivity index (χ1n) is 10.5. The number of nitrogens with one attached hydrogen (secondary N) is 1. The average molecular weight is 411 g/mol. The highest BCUT2D eigenvalue weighted by molar-refractivity contribution is 5.87. The largest absolute Gasteiger partial charge is 0.484 e. The highest BCUT2D eigenvalue weighted by Crippen LogP contribution is 2.24. The number of aryl methyl sites for hydroxylation is 1. The van der Waals surface area contributed by atoms with Gasteiger partial charge >= 0.3 is 0 Å². The summed E-state index contributed by atoms with van der Waals surface area (Å²) >= 11 is 0. The molecule has 0 radical (unpaired) electrons. The van der Waals surface area contributed by atoms with E-state index in [1.54, 1.807) is 11.8 Å². The quantitative estimate of drug-likeness (QED) is 0.709. The Morgan fingerprint density at radius 1 is 1.07 bits per heavy atom. The van der Waals surface area contributed by atoms with E-state index in [2.05, 4.69) is 26.1 Å². The fraction of sp³-hybridized carbons (Fsp3) is 0.440. The molecule has 5 nitrogen and oxygen atoms in total. The number of carbonyl (C=O) groups excluding carboxylic acids is 2. The zero-order chi connectivity index (χ0) is 22.3. The van der Waals surface area contributed by atoms with E-state index in [1.807, 2.05) is 62.4 Å². The average Bonchev–Trinajstić information content (AvgIpc) is 2.70. The first-order chi connectivity index (χ1) is 14.1. The van der Waals surface area contributed by atoms with Gasteiger partial charge in [-0.3, -0.25) is 9.59 Å². The molecule has 0 aliphatic carbocycles. The van der Waals surface area contributed by atoms with Crippen LogP contribution in [0.4, 0.5) is 0 Å². The number of hydrogen-bond donors (Lipinski definition) is 1. The van der Waals surface area contributed by atoms with Crippen LogP contribution in [-0.2, 0) is 21.5 Å². The molecule has 2 aromatic rings. The van der Waals surface area contributed by atoms with Crippen LogP contribution >= 0.6 is 0 Å². The van der Waals surface area contributed by atoms with Gasteiger partial charge in [-0.15, -0.1) is 0 Å². The molecule has 0 saturated heterocycles. The summed E-state index contributed by atoms with van der Waals surface area (Å²) in [4.78, 5) is 27.0. The van der Waals surface area contributed by atoms with E-state index in [9.17, 15) is 9.59 Å². The molecule has 2 aromatic carbocycles. The van der Waals surface area contributed by atoms with Crippen molar-refractivity contribution in [3.8, 4) is 5.75 Å². The number of carbonyl (C=O) groups is 2. The Kier molecular flexibility index (Phi) is 8.04. The number of amides is 2. The predicted octanol–water partition coefficient (Wildman–Crippen LogP) is 4.22. The zero-order valence-corrected chi connectivity index (χ0v) is 19.0. The fourth-order valence-corrected chi connectivity index (χ4v) is 3.15. The third kappa shape index (κ3) is 6.34. The maximum atomic E-state index is 13.0. The Morgan fingerprint density at radius 2 is 1.70 bits per heavy atom. The molecule has 0 bridgehead atoms. The van der Waals surface area contributed by atoms with Crippen LogP contribution in [0.15, 0.2) is 48.5 Å². The lowest BCUT2D eigenvalue weighted by molar-refractivity contribution is -0.142. The molecule has 0 saturated carbocycles. The van der Waals surface area contributed by atoms with Gasteiger partial charge in [0, 0.05) is 13.1 Å². The molecular formula is C25H34N2O3. The van der Waals surface area contributed by atoms with E-state index in [1.165, 1.54) is 5.56 Å². The van der Waals surface area contributed by atoms with Crippen molar-refractivity contribution in [2.24, 2.45) is 0 Å². The molecule has 0 aromatic heterocycles. The minimum atomic E-state index is -0.594. The van der Waals surface area contributed by atoms with Crippen molar-refractivity contribution in [1.29, 1.82) is 0 Å². The standard InChI is InChI=1S/C25H34N2O3/c1-7-26-24(29)19(3)27(16-20-11-9-8-10-18(20)2)23(28)17-30-22-14-12-21(13-15-22)25(4,5)6/h8-15,19H,7,16-17H2,1-6H3,(H,26,29)/t19-/m1/s1. The second-order valence-corrected chi connectivity index (χ2v) is 8.58. The molecular weight excluding hydrogens is 376 g/mol. The van der Waals surface area contributed by atoms with Crippen molar-refractivity contribution in [1.82, 2.24) is 10.2 Å². The summed E-state index contributed by atoms with van der Waals surface area (Å²) in [7, 11) is 0. The molecule has 0 aliphatic heterocycles. The third-order valence-corrected chi connectivity index (χ3v) is 5.20. The topological polar surface area (TPSA) is 58.6 Å². The van der Waals surface area contributed by atoms with E-state index in [4.69, 9.17) is 4.74 Å². The Bertz CT molecular complexity index is 853. The summed E-state index contributed by atoms with van der Waals surface area (Å²) < 4.78 is 5.75. The molecule has 0 fully saturated rings. The molecule has 2 rings (SSSR count). The summed E-state index contributed by atoms with van der Waals surface area (Å²) in [5, 5.41) is 2.80. The maximum Gasteiger partial charge on any atom is 0.261 e. The first-order valence-corrected chi connectivity index (χ1v) is 10.5. The highest BCUT2D eigenvalue weighted by atomic mass is 16.5. The lowest BCUT2D eigenvalue weighted by Crippen LogP contribution is -2.49. The van der Waals surface area contributed by atoms with E-state index >= 15 is 0 Å². The molecule has 0 aliphatic rings. The van der Waals surface area contributed by atoms with Crippen LogP contribution in [0.2, 0.25) is 0 Å². The van der Waals surface area contributed by atoms with Gasteiger partial charge in [0.2, 0.25) is 5.91 Å². The molecule has 0 heterocycles. The summed E-state index contributed by atoms with van der Waals surface area (Å²) in [6.45, 7) is 12.8. The highest BCUT2D eigenvalue weighted by Gasteiger charge is 2.26. The third-order valence-electron chi connectivity index (χ3n) is 5.20. The first kappa shape index (κ1) is 23.5. The van der Waals surface area contributed by atoms with Crippen molar-refractivity contribution >= 4 is 11.8 Å². The summed E-state index contributed by atoms with van der Waals surface area (Å²) in [5.74, 6) is 0.240. The number of nitrogens with zero attached hydrogens (tertiary/aromatic N) is 1. The molecule has 30 heavy (non-hydrogen) atoms. The van der Waals surface area contributed by atoms with E-state index in [0.29, 0.717) is 18.8 Å². The number of rotatable bonds is 8. The Balaban J connectivity index is 2.13. The van der Waals surface area contributed by atoms with Crippen molar-refractivity contribution < 1.29 is 14.3 Å². The van der Waals surface area contributed by atoms with Gasteiger partial charge in [0.25, 0.3) is 5.91 Å². The molecule has 1 N–H and O–H groups in total. The Morgan fingerprint density at radius 3 is 2.27 bits per heavy atom. The fourth-order valence-electron chi connectivity index (χ4n) is 3.15. The number of hydrogen-bond acceptors (Lipinski definition) is 3. The van der Waals surface area contributed by atoms with E-state index in [-0.39, 0.29) is 23.8 Å². The van der Waals surface area contributed by atoms with Crippen LogP contribution in [0.25, 0.3) is 0 Å². The predicted molar refractivity (Wildman–Crippen MR) is 121 cm³/mol. The maximum absolute atomic E-state index is 13.0. The second kappa shape index (κ2) is 10.3. The summed E-state index contributed by atoms with van der Waals surface area (Å²) in [5.41, 5.74) is 3.35. The molecule has 0 spiro atoms. The molecule has 5 heteroatoms. The van der Waals surface area contributed by atoms with Crippen LogP contribution in [0.5, 0.6) is 5.75 Å². The van der Waals surface area contributed by atoms with Crippen molar-refractivity contribution in [2.45, 2.75) is 59.5 Å². The molecule has 0 unspecified atom stereocenters. The molecule has 2 amide bonds. The second-order valence-electron chi connectivity index (χ2n) is 8.58. The Labute approximate surface area is 180 Å². The van der Waals surface area contributed by atoms with Crippen molar-refractivity contribution in [2.75, 3.05) is 13.2 Å². The van der Waals surface area contributed by atoms with Gasteiger partial charge in [0.1, 0.15) is 11.8 Å². The van der Waals surface area contributed by atoms with Crippen molar-refractivity contribution in [3.63, 3.8) is 0 Å². The number of likely N-dealkylation sites (N-methyl/N-ethyl adjacent to an activating group) is 1. The molecule has 1 atom stereocenters. The van der Waals surface area contributed by atoms with Crippen LogP contribution in [0.3, 0.4) is 0 Å². The lowest BCUT2D eigenvalue weighted by atomic mass is 9.87. The van der Waals surface area contributed by atoms with Crippen LogP contribution in [-0.4, -0.2) is 35.9 Å². The van der Waals surface area contributed by atoms with Gasteiger partial charge in [0.15, 0.2) is 6.61 Å². The van der Waals surface area contributed by atoms with Crippen LogP contribution in [0.1, 0.15) is 51.3 Å². The van der Waals surface area contributed by atoms with Gasteiger partial charge in [0.05, 0.1) is 0 Å². The molecule has 162 valence electrons. The van der Waals surface area contributed by atoms with Gasteiger partial charge < -0.3 is 15.0 Å². The number of ether oxygens (including phenoxy) is 1. The minimum Gasteiger partial charge on any atom is -0.484 e. The lowest BCUT2D eigenvalue weighted by Gasteiger charge is -2.29. The van der Waals surface area contributed by atoms with Gasteiger partial charge in [-0.2, -0.15) is 0 Å². The van der Waals surface area contributed by atoms with E-state index < -0.39 is 6.04 Å². The zero-order valence-electron chi connectivity index (χ0n) is 19.0. The monoisotopic (exact) mass is 410 g/mol. The van der Waals surface area contributed by atoms with Gasteiger partial charge in [-0.05, 0) is 55.0 Å². The van der Waals surface area contributed by atoms with Crippen molar-refractivity contribution in [3.05, 3.63) is 65.2 Å². The minimum absolute atomic E-state index is 0.0563. The summed E-state index contributed by atoms with van der Waals surface area (Å²) in [6, 6.07) is 15.1. The van der Waals surface area contributed by atoms with Gasteiger partial charge in [-0.1, -0.05) is 57.2 Å². The normalized spacial score (nSPS) is 12.2. The SMILES string of the molecule is CCNC(=O)[C@@H](C)N(Cc1ccccc1C)C(=O)COc1ccc(C(C)(C)C)cc1. The summed E-state index contributed by atoms with van der Waals surface area (Å²) in [6.07, 6.45) is 0. The van der Waals surface area contributed by atoms with E-state index in [0.717, 1.165) is 11.1 Å². The van der Waals surface area contributed by atoms with Crippen LogP contribution < -0.4 is 10.1 Å². The smallest absolute Gasteiger partial charge is 0.261 e.